The summed E-state index contributed by atoms with van der Waals surface area (Å²) in [5.74, 6) is 1.80. The second-order valence-electron chi connectivity index (χ2n) is 5.16. The summed E-state index contributed by atoms with van der Waals surface area (Å²) >= 11 is 0. The zero-order valence-electron chi connectivity index (χ0n) is 10.9. The Morgan fingerprint density at radius 1 is 1.24 bits per heavy atom. The molecule has 1 aromatic carbocycles. The zero-order valence-corrected chi connectivity index (χ0v) is 10.9. The van der Waals surface area contributed by atoms with Crippen LogP contribution in [-0.4, -0.2) is 6.10 Å². The van der Waals surface area contributed by atoms with Gasteiger partial charge in [-0.05, 0) is 50.2 Å². The van der Waals surface area contributed by atoms with Crippen molar-refractivity contribution in [3.8, 4) is 5.75 Å². The highest BCUT2D eigenvalue weighted by molar-refractivity contribution is 5.56. The van der Waals surface area contributed by atoms with E-state index >= 15 is 0 Å². The first kappa shape index (κ1) is 12.3. The number of rotatable bonds is 3. The quantitative estimate of drug-likeness (QED) is 0.803. The minimum atomic E-state index is 0.362. The smallest absolute Gasteiger partial charge is 0.145 e. The maximum atomic E-state index is 6.08. The Labute approximate surface area is 104 Å². The molecule has 1 fully saturated rings. The van der Waals surface area contributed by atoms with E-state index in [9.17, 15) is 0 Å². The molecule has 0 aliphatic heterocycles. The van der Waals surface area contributed by atoms with Crippen LogP contribution in [0.25, 0.3) is 0 Å². The van der Waals surface area contributed by atoms with Gasteiger partial charge >= 0.3 is 0 Å². The summed E-state index contributed by atoms with van der Waals surface area (Å²) < 4.78 is 6.08. The molecule has 1 aliphatic rings. The molecule has 1 aliphatic carbocycles. The molecule has 2 N–H and O–H groups in total. The summed E-state index contributed by atoms with van der Waals surface area (Å²) in [5, 5.41) is 0. The first-order valence-corrected chi connectivity index (χ1v) is 6.72. The van der Waals surface area contributed by atoms with Gasteiger partial charge in [-0.15, -0.1) is 0 Å². The van der Waals surface area contributed by atoms with Crippen molar-refractivity contribution >= 4 is 5.69 Å². The average Bonchev–Trinajstić information content (AvgIpc) is 2.35. The summed E-state index contributed by atoms with van der Waals surface area (Å²) in [6, 6.07) is 5.95. The fraction of sp³-hybridized carbons (Fsp3) is 0.600. The molecule has 94 valence electrons. The normalized spacial score (nSPS) is 24.6. The molecule has 17 heavy (non-hydrogen) atoms. The monoisotopic (exact) mass is 233 g/mol. The van der Waals surface area contributed by atoms with Crippen LogP contribution in [-0.2, 0) is 0 Å². The predicted molar refractivity (Wildman–Crippen MR) is 72.3 cm³/mol. The van der Waals surface area contributed by atoms with Crippen LogP contribution < -0.4 is 10.5 Å². The van der Waals surface area contributed by atoms with Gasteiger partial charge in [-0.2, -0.15) is 0 Å². The molecule has 0 atom stereocenters. The molecule has 2 heteroatoms. The maximum absolute atomic E-state index is 6.08. The Morgan fingerprint density at radius 2 is 1.94 bits per heavy atom. The molecule has 0 amide bonds. The van der Waals surface area contributed by atoms with Crippen LogP contribution in [0.4, 0.5) is 5.69 Å². The molecule has 0 bridgehead atoms. The molecule has 0 unspecified atom stereocenters. The van der Waals surface area contributed by atoms with Gasteiger partial charge in [0, 0.05) is 0 Å². The fourth-order valence-electron chi connectivity index (χ4n) is 2.66. The summed E-state index contributed by atoms with van der Waals surface area (Å²) in [7, 11) is 0. The van der Waals surface area contributed by atoms with Gasteiger partial charge in [-0.3, -0.25) is 0 Å². The minimum absolute atomic E-state index is 0.362. The van der Waals surface area contributed by atoms with Crippen molar-refractivity contribution in [2.75, 3.05) is 5.73 Å². The van der Waals surface area contributed by atoms with E-state index in [-0.39, 0.29) is 0 Å². The largest absolute Gasteiger partial charge is 0.488 e. The number of anilines is 1. The standard InChI is InChI=1S/C15H23NO/c1-3-12-7-9-13(10-8-12)17-15-11(2)5-4-6-14(15)16/h4-6,12-13H,3,7-10,16H2,1-2H3. The molecular formula is C15H23NO. The van der Waals surface area contributed by atoms with E-state index in [2.05, 4.69) is 19.9 Å². The third-order valence-corrected chi connectivity index (χ3v) is 3.90. The number of nitrogens with two attached hydrogens (primary N) is 1. The lowest BCUT2D eigenvalue weighted by molar-refractivity contribution is 0.130. The highest BCUT2D eigenvalue weighted by atomic mass is 16.5. The van der Waals surface area contributed by atoms with Crippen molar-refractivity contribution in [1.82, 2.24) is 0 Å². The summed E-state index contributed by atoms with van der Waals surface area (Å²) in [4.78, 5) is 0. The van der Waals surface area contributed by atoms with Gasteiger partial charge in [0.05, 0.1) is 11.8 Å². The molecule has 0 spiro atoms. The van der Waals surface area contributed by atoms with Crippen LogP contribution in [0, 0.1) is 12.8 Å². The lowest BCUT2D eigenvalue weighted by Crippen LogP contribution is -2.24. The number of nitrogen functional groups attached to an aromatic ring is 1. The van der Waals surface area contributed by atoms with E-state index in [0.29, 0.717) is 6.10 Å². The van der Waals surface area contributed by atoms with Crippen molar-refractivity contribution in [3.63, 3.8) is 0 Å². The van der Waals surface area contributed by atoms with Crippen LogP contribution in [0.2, 0.25) is 0 Å². The molecule has 1 saturated carbocycles. The molecule has 2 rings (SSSR count). The lowest BCUT2D eigenvalue weighted by Gasteiger charge is -2.29. The van der Waals surface area contributed by atoms with Crippen LogP contribution in [0.15, 0.2) is 18.2 Å². The second-order valence-corrected chi connectivity index (χ2v) is 5.16. The van der Waals surface area contributed by atoms with Gasteiger partial charge in [-0.1, -0.05) is 25.5 Å². The van der Waals surface area contributed by atoms with Crippen LogP contribution in [0.1, 0.15) is 44.6 Å². The molecule has 0 aromatic heterocycles. The predicted octanol–water partition coefficient (Wildman–Crippen LogP) is 3.92. The van der Waals surface area contributed by atoms with E-state index in [1.54, 1.807) is 0 Å². The Kier molecular flexibility index (Phi) is 3.93. The third kappa shape index (κ3) is 2.93. The Morgan fingerprint density at radius 3 is 2.53 bits per heavy atom. The highest BCUT2D eigenvalue weighted by Crippen LogP contribution is 2.32. The van der Waals surface area contributed by atoms with E-state index in [4.69, 9.17) is 10.5 Å². The summed E-state index contributed by atoms with van der Waals surface area (Å²) in [5.41, 5.74) is 7.87. The van der Waals surface area contributed by atoms with Crippen molar-refractivity contribution < 1.29 is 4.74 Å². The van der Waals surface area contributed by atoms with E-state index in [0.717, 1.165) is 22.9 Å². The van der Waals surface area contributed by atoms with Crippen molar-refractivity contribution in [2.45, 2.75) is 52.1 Å². The molecule has 2 nitrogen and oxygen atoms in total. The van der Waals surface area contributed by atoms with Crippen molar-refractivity contribution in [2.24, 2.45) is 5.92 Å². The topological polar surface area (TPSA) is 35.2 Å². The van der Waals surface area contributed by atoms with Crippen molar-refractivity contribution in [1.29, 1.82) is 0 Å². The average molecular weight is 233 g/mol. The van der Waals surface area contributed by atoms with E-state index < -0.39 is 0 Å². The maximum Gasteiger partial charge on any atom is 0.145 e. The molecule has 0 heterocycles. The second kappa shape index (κ2) is 5.44. The number of hydrogen-bond donors (Lipinski definition) is 1. The van der Waals surface area contributed by atoms with Crippen LogP contribution in [0.3, 0.4) is 0 Å². The number of benzene rings is 1. The number of ether oxygens (including phenoxy) is 1. The Bertz CT molecular complexity index is 347. The van der Waals surface area contributed by atoms with Gasteiger partial charge in [0.1, 0.15) is 5.75 Å². The molecule has 1 aromatic rings. The van der Waals surface area contributed by atoms with Gasteiger partial charge < -0.3 is 10.5 Å². The van der Waals surface area contributed by atoms with Gasteiger partial charge in [0.2, 0.25) is 0 Å². The molecule has 0 radical (unpaired) electrons. The van der Waals surface area contributed by atoms with E-state index in [1.165, 1.54) is 32.1 Å². The van der Waals surface area contributed by atoms with Crippen LogP contribution >= 0.6 is 0 Å². The number of para-hydroxylation sites is 1. The molecule has 0 saturated heterocycles. The first-order chi connectivity index (χ1) is 8.20. The van der Waals surface area contributed by atoms with Gasteiger partial charge in [0.15, 0.2) is 0 Å². The zero-order chi connectivity index (χ0) is 12.3. The Balaban J connectivity index is 1.98. The number of aryl methyl sites for hydroxylation is 1. The van der Waals surface area contributed by atoms with Gasteiger partial charge in [-0.25, -0.2) is 0 Å². The Hall–Kier alpha value is -1.18. The third-order valence-electron chi connectivity index (χ3n) is 3.90. The van der Waals surface area contributed by atoms with Crippen molar-refractivity contribution in [3.05, 3.63) is 23.8 Å². The van der Waals surface area contributed by atoms with E-state index in [1.807, 2.05) is 12.1 Å². The summed E-state index contributed by atoms with van der Waals surface area (Å²) in [6.07, 6.45) is 6.61. The molecular weight excluding hydrogens is 210 g/mol. The summed E-state index contributed by atoms with van der Waals surface area (Å²) in [6.45, 7) is 4.34. The fourth-order valence-corrected chi connectivity index (χ4v) is 2.66. The first-order valence-electron chi connectivity index (χ1n) is 6.72. The highest BCUT2D eigenvalue weighted by Gasteiger charge is 2.22. The number of hydrogen-bond acceptors (Lipinski definition) is 2. The van der Waals surface area contributed by atoms with Gasteiger partial charge in [0.25, 0.3) is 0 Å². The van der Waals surface area contributed by atoms with Crippen LogP contribution in [0.5, 0.6) is 5.75 Å². The SMILES string of the molecule is CCC1CCC(Oc2c(C)cccc2N)CC1. The lowest BCUT2D eigenvalue weighted by atomic mass is 9.86. The minimum Gasteiger partial charge on any atom is -0.488 e.